The minimum absolute atomic E-state index is 0.377. The highest BCUT2D eigenvalue weighted by atomic mass is 19.1. The molecule has 0 bridgehead atoms. The Morgan fingerprint density at radius 1 is 1.17 bits per heavy atom. The molecule has 2 aromatic carbocycles. The van der Waals surface area contributed by atoms with E-state index >= 15 is 0 Å². The molecule has 0 N–H and O–H groups in total. The number of methoxy groups -OCH3 is 1. The number of nitrogens with zero attached hydrogens (tertiary/aromatic N) is 1. The highest BCUT2D eigenvalue weighted by Gasteiger charge is 2.17. The van der Waals surface area contributed by atoms with Crippen LogP contribution in [-0.2, 0) is 0 Å². The van der Waals surface area contributed by atoms with Gasteiger partial charge >= 0.3 is 0 Å². The van der Waals surface area contributed by atoms with Gasteiger partial charge in [0.15, 0.2) is 0 Å². The van der Waals surface area contributed by atoms with Crippen LogP contribution in [0, 0.1) is 31.0 Å². The lowest BCUT2D eigenvalue weighted by Crippen LogP contribution is -2.07. The van der Waals surface area contributed by atoms with E-state index in [-0.39, 0.29) is 5.82 Å². The lowest BCUT2D eigenvalue weighted by molar-refractivity contribution is 0.302. The average Bonchev–Trinajstić information content (AvgIpc) is 2.55. The first-order chi connectivity index (χ1) is 11.1. The van der Waals surface area contributed by atoms with E-state index in [1.807, 2.05) is 32.0 Å². The van der Waals surface area contributed by atoms with Crippen LogP contribution in [0.15, 0.2) is 36.4 Å². The highest BCUT2D eigenvalue weighted by Crippen LogP contribution is 2.30. The third-order valence-corrected chi connectivity index (χ3v) is 3.94. The molecule has 0 aromatic heterocycles. The zero-order valence-corrected chi connectivity index (χ0v) is 13.6. The van der Waals surface area contributed by atoms with Gasteiger partial charge in [-0.3, -0.25) is 0 Å². The minimum Gasteiger partial charge on any atom is -0.496 e. The molecule has 0 heterocycles. The molecule has 1 atom stereocenters. The van der Waals surface area contributed by atoms with Crippen molar-refractivity contribution in [2.75, 3.05) is 13.7 Å². The fourth-order valence-electron chi connectivity index (χ4n) is 2.43. The van der Waals surface area contributed by atoms with Gasteiger partial charge in [-0.2, -0.15) is 5.26 Å². The van der Waals surface area contributed by atoms with Crippen molar-refractivity contribution in [1.29, 1.82) is 5.26 Å². The molecule has 4 heteroatoms. The second kappa shape index (κ2) is 7.64. The Balaban J connectivity index is 2.08. The van der Waals surface area contributed by atoms with Crippen molar-refractivity contribution >= 4 is 0 Å². The summed E-state index contributed by atoms with van der Waals surface area (Å²) in [5.74, 6) is 0.472. The molecule has 1 unspecified atom stereocenters. The van der Waals surface area contributed by atoms with Gasteiger partial charge in [-0.1, -0.05) is 12.1 Å². The van der Waals surface area contributed by atoms with E-state index in [1.165, 1.54) is 19.2 Å². The van der Waals surface area contributed by atoms with Crippen LogP contribution >= 0.6 is 0 Å². The molecule has 0 amide bonds. The molecule has 0 saturated carbocycles. The normalized spacial score (nSPS) is 11.6. The van der Waals surface area contributed by atoms with E-state index in [2.05, 4.69) is 6.07 Å². The van der Waals surface area contributed by atoms with Crippen molar-refractivity contribution in [2.24, 2.45) is 0 Å². The van der Waals surface area contributed by atoms with E-state index < -0.39 is 5.92 Å². The second-order valence-electron chi connectivity index (χ2n) is 5.40. The summed E-state index contributed by atoms with van der Waals surface area (Å²) < 4.78 is 24.5. The zero-order valence-electron chi connectivity index (χ0n) is 13.6. The lowest BCUT2D eigenvalue weighted by atomic mass is 9.96. The van der Waals surface area contributed by atoms with Crippen LogP contribution in [0.2, 0.25) is 0 Å². The van der Waals surface area contributed by atoms with Crippen LogP contribution in [0.4, 0.5) is 4.39 Å². The highest BCUT2D eigenvalue weighted by molar-refractivity contribution is 5.40. The molecule has 2 rings (SSSR count). The quantitative estimate of drug-likeness (QED) is 0.787. The van der Waals surface area contributed by atoms with Gasteiger partial charge in [-0.25, -0.2) is 4.39 Å². The molecule has 0 radical (unpaired) electrons. The van der Waals surface area contributed by atoms with Gasteiger partial charge in [0, 0.05) is 12.0 Å². The van der Waals surface area contributed by atoms with E-state index in [0.717, 1.165) is 16.9 Å². The average molecular weight is 313 g/mol. The standard InChI is InChI=1S/C19H20FNO2/c1-13-5-4-6-18(14(13)2)23-10-9-15(12-21)17-11-16(20)7-8-19(17)22-3/h4-8,11,15H,9-10H2,1-3H3. The minimum atomic E-state index is -0.481. The number of hydrogen-bond acceptors (Lipinski definition) is 3. The number of benzene rings is 2. The molecule has 0 saturated heterocycles. The summed E-state index contributed by atoms with van der Waals surface area (Å²) in [5.41, 5.74) is 2.80. The first-order valence-electron chi connectivity index (χ1n) is 7.49. The first-order valence-corrected chi connectivity index (χ1v) is 7.49. The van der Waals surface area contributed by atoms with Crippen LogP contribution in [0.1, 0.15) is 29.0 Å². The number of ether oxygens (including phenoxy) is 2. The SMILES string of the molecule is COc1ccc(F)cc1C(C#N)CCOc1cccc(C)c1C. The predicted octanol–water partition coefficient (Wildman–Crippen LogP) is 4.53. The van der Waals surface area contributed by atoms with E-state index in [9.17, 15) is 9.65 Å². The molecule has 0 aliphatic heterocycles. The van der Waals surface area contributed by atoms with Crippen molar-refractivity contribution < 1.29 is 13.9 Å². The summed E-state index contributed by atoms with van der Waals surface area (Å²) >= 11 is 0. The largest absolute Gasteiger partial charge is 0.496 e. The maximum atomic E-state index is 13.5. The number of hydrogen-bond donors (Lipinski definition) is 0. The Bertz CT molecular complexity index is 722. The van der Waals surface area contributed by atoms with E-state index in [4.69, 9.17) is 9.47 Å². The fourth-order valence-corrected chi connectivity index (χ4v) is 2.43. The molecule has 0 fully saturated rings. The Hall–Kier alpha value is -2.54. The lowest BCUT2D eigenvalue weighted by Gasteiger charge is -2.15. The number of halogens is 1. The van der Waals surface area contributed by atoms with E-state index in [1.54, 1.807) is 6.07 Å². The third kappa shape index (κ3) is 4.01. The maximum Gasteiger partial charge on any atom is 0.123 e. The molecular formula is C19H20FNO2. The van der Waals surface area contributed by atoms with Crippen LogP contribution in [0.3, 0.4) is 0 Å². The van der Waals surface area contributed by atoms with Crippen LogP contribution in [-0.4, -0.2) is 13.7 Å². The van der Waals surface area contributed by atoms with Crippen LogP contribution in [0.25, 0.3) is 0 Å². The summed E-state index contributed by atoms with van der Waals surface area (Å²) in [6, 6.07) is 12.3. The third-order valence-electron chi connectivity index (χ3n) is 3.94. The molecule has 0 spiro atoms. The molecule has 2 aromatic rings. The molecule has 23 heavy (non-hydrogen) atoms. The van der Waals surface area contributed by atoms with Gasteiger partial charge in [0.25, 0.3) is 0 Å². The molecule has 3 nitrogen and oxygen atoms in total. The van der Waals surface area contributed by atoms with Crippen molar-refractivity contribution in [2.45, 2.75) is 26.2 Å². The van der Waals surface area contributed by atoms with Crippen LogP contribution in [0.5, 0.6) is 11.5 Å². The Morgan fingerprint density at radius 2 is 1.96 bits per heavy atom. The van der Waals surface area contributed by atoms with Gasteiger partial charge < -0.3 is 9.47 Å². The fraction of sp³-hybridized carbons (Fsp3) is 0.316. The van der Waals surface area contributed by atoms with Gasteiger partial charge in [0.2, 0.25) is 0 Å². The smallest absolute Gasteiger partial charge is 0.123 e. The Kier molecular flexibility index (Phi) is 5.59. The van der Waals surface area contributed by atoms with Crippen molar-refractivity contribution in [3.05, 3.63) is 58.9 Å². The summed E-state index contributed by atoms with van der Waals surface area (Å²) in [7, 11) is 1.51. The van der Waals surface area contributed by atoms with Crippen molar-refractivity contribution in [3.8, 4) is 17.6 Å². The Labute approximate surface area is 136 Å². The summed E-state index contributed by atoms with van der Waals surface area (Å²) in [6.45, 7) is 4.40. The molecular weight excluding hydrogens is 293 g/mol. The van der Waals surface area contributed by atoms with Gasteiger partial charge in [0.05, 0.1) is 25.7 Å². The van der Waals surface area contributed by atoms with Gasteiger partial charge in [-0.05, 0) is 49.2 Å². The molecule has 0 aliphatic rings. The van der Waals surface area contributed by atoms with Gasteiger partial charge in [-0.15, -0.1) is 0 Å². The second-order valence-corrected chi connectivity index (χ2v) is 5.40. The topological polar surface area (TPSA) is 42.2 Å². The van der Waals surface area contributed by atoms with Crippen molar-refractivity contribution in [3.63, 3.8) is 0 Å². The maximum absolute atomic E-state index is 13.5. The molecule has 0 aliphatic carbocycles. The zero-order chi connectivity index (χ0) is 16.8. The monoisotopic (exact) mass is 313 g/mol. The van der Waals surface area contributed by atoms with Crippen molar-refractivity contribution in [1.82, 2.24) is 0 Å². The number of aryl methyl sites for hydroxylation is 1. The van der Waals surface area contributed by atoms with Crippen LogP contribution < -0.4 is 9.47 Å². The van der Waals surface area contributed by atoms with Gasteiger partial charge in [0.1, 0.15) is 17.3 Å². The van der Waals surface area contributed by atoms with E-state index in [0.29, 0.717) is 24.3 Å². The first kappa shape index (κ1) is 16.8. The number of rotatable bonds is 6. The summed E-state index contributed by atoms with van der Waals surface area (Å²) in [4.78, 5) is 0. The predicted molar refractivity (Wildman–Crippen MR) is 87.3 cm³/mol. The Morgan fingerprint density at radius 3 is 2.65 bits per heavy atom. The summed E-state index contributed by atoms with van der Waals surface area (Å²) in [6.07, 6.45) is 0.462. The summed E-state index contributed by atoms with van der Waals surface area (Å²) in [5, 5.41) is 9.40. The molecule has 120 valence electrons. The number of nitriles is 1.